The highest BCUT2D eigenvalue weighted by atomic mass is 32.2. The maximum atomic E-state index is 12.8. The molecule has 0 N–H and O–H groups in total. The first-order valence-corrected chi connectivity index (χ1v) is 8.92. The van der Waals surface area contributed by atoms with Crippen LogP contribution < -0.4 is 0 Å². The maximum Gasteiger partial charge on any atom is 0.243 e. The summed E-state index contributed by atoms with van der Waals surface area (Å²) in [5.74, 6) is 0. The lowest BCUT2D eigenvalue weighted by molar-refractivity contribution is 0.246. The molecule has 1 aliphatic heterocycles. The second-order valence-corrected chi connectivity index (χ2v) is 7.31. The number of nitrogens with zero attached hydrogens (tertiary/aromatic N) is 5. The monoisotopic (exact) mass is 321 g/mol. The fourth-order valence-electron chi connectivity index (χ4n) is 2.88. The summed E-state index contributed by atoms with van der Waals surface area (Å²) in [5, 5.41) is 10.9. The topological polar surface area (TPSA) is 81.0 Å². The number of benzene rings is 1. The number of rotatable bonds is 4. The van der Waals surface area contributed by atoms with Gasteiger partial charge in [-0.3, -0.25) is 0 Å². The summed E-state index contributed by atoms with van der Waals surface area (Å²) < 4.78 is 28.8. The van der Waals surface area contributed by atoms with E-state index in [2.05, 4.69) is 15.5 Å². The van der Waals surface area contributed by atoms with Crippen LogP contribution >= 0.6 is 0 Å². The Labute approximate surface area is 130 Å². The Hall–Kier alpha value is -1.80. The van der Waals surface area contributed by atoms with Crippen LogP contribution in [-0.2, 0) is 10.0 Å². The first kappa shape index (κ1) is 15.1. The molecule has 3 rings (SSSR count). The number of hydrogen-bond donors (Lipinski definition) is 0. The van der Waals surface area contributed by atoms with Crippen LogP contribution in [0.4, 0.5) is 0 Å². The van der Waals surface area contributed by atoms with Crippen LogP contribution in [-0.4, -0.2) is 45.5 Å². The van der Waals surface area contributed by atoms with Gasteiger partial charge in [0.05, 0.1) is 10.6 Å². The lowest BCUT2D eigenvalue weighted by atomic mass is 10.0. The molecular weight excluding hydrogens is 302 g/mol. The van der Waals surface area contributed by atoms with Gasteiger partial charge in [0.1, 0.15) is 6.33 Å². The molecule has 0 bridgehead atoms. The van der Waals surface area contributed by atoms with Crippen molar-refractivity contribution in [3.8, 4) is 5.69 Å². The molecule has 0 spiro atoms. The minimum absolute atomic E-state index is 0.109. The molecule has 0 saturated carbocycles. The number of tetrazole rings is 1. The number of sulfonamides is 1. The summed E-state index contributed by atoms with van der Waals surface area (Å²) in [6, 6.07) is 6.78. The molecule has 1 unspecified atom stereocenters. The van der Waals surface area contributed by atoms with E-state index >= 15 is 0 Å². The molecule has 7 nitrogen and oxygen atoms in total. The number of piperidine rings is 1. The van der Waals surface area contributed by atoms with Crippen molar-refractivity contribution < 1.29 is 8.42 Å². The van der Waals surface area contributed by atoms with E-state index in [9.17, 15) is 8.42 Å². The SMILES string of the molecule is CCC1CCCCN1S(=O)(=O)c1ccc(-n2cnnn2)cc1. The van der Waals surface area contributed by atoms with Gasteiger partial charge in [-0.25, -0.2) is 13.1 Å². The van der Waals surface area contributed by atoms with E-state index in [4.69, 9.17) is 0 Å². The van der Waals surface area contributed by atoms with Gasteiger partial charge in [0, 0.05) is 12.6 Å². The first-order chi connectivity index (χ1) is 10.6. The van der Waals surface area contributed by atoms with Crippen molar-refractivity contribution in [2.24, 2.45) is 0 Å². The molecule has 0 radical (unpaired) electrons. The normalized spacial score (nSPS) is 20.1. The van der Waals surface area contributed by atoms with E-state index in [0.717, 1.165) is 31.4 Å². The highest BCUT2D eigenvalue weighted by Crippen LogP contribution is 2.27. The molecule has 1 aromatic carbocycles. The minimum Gasteiger partial charge on any atom is -0.207 e. The summed E-state index contributed by atoms with van der Waals surface area (Å²) >= 11 is 0. The summed E-state index contributed by atoms with van der Waals surface area (Å²) in [6.07, 6.45) is 5.29. The van der Waals surface area contributed by atoms with Gasteiger partial charge in [0.2, 0.25) is 10.0 Å². The van der Waals surface area contributed by atoms with Gasteiger partial charge >= 0.3 is 0 Å². The number of aromatic nitrogens is 4. The van der Waals surface area contributed by atoms with Crippen LogP contribution in [0.1, 0.15) is 32.6 Å². The van der Waals surface area contributed by atoms with Gasteiger partial charge < -0.3 is 0 Å². The van der Waals surface area contributed by atoms with Crippen LogP contribution in [0.2, 0.25) is 0 Å². The Morgan fingerprint density at radius 1 is 1.23 bits per heavy atom. The van der Waals surface area contributed by atoms with Crippen molar-refractivity contribution in [2.45, 2.75) is 43.5 Å². The molecule has 2 aromatic rings. The van der Waals surface area contributed by atoms with Crippen LogP contribution in [0.15, 0.2) is 35.5 Å². The van der Waals surface area contributed by atoms with E-state index in [1.54, 1.807) is 28.6 Å². The predicted octanol–water partition coefficient (Wildman–Crippen LogP) is 1.62. The largest absolute Gasteiger partial charge is 0.243 e. The molecule has 1 aliphatic rings. The van der Waals surface area contributed by atoms with E-state index < -0.39 is 10.0 Å². The fraction of sp³-hybridized carbons (Fsp3) is 0.500. The molecule has 1 atom stereocenters. The fourth-order valence-corrected chi connectivity index (χ4v) is 4.65. The van der Waals surface area contributed by atoms with Gasteiger partial charge in [-0.15, -0.1) is 5.10 Å². The summed E-state index contributed by atoms with van der Waals surface area (Å²) in [5.41, 5.74) is 0.731. The van der Waals surface area contributed by atoms with Gasteiger partial charge in [0.25, 0.3) is 0 Å². The van der Waals surface area contributed by atoms with Crippen LogP contribution in [0.3, 0.4) is 0 Å². The van der Waals surface area contributed by atoms with Crippen molar-refractivity contribution in [3.63, 3.8) is 0 Å². The second-order valence-electron chi connectivity index (χ2n) is 5.42. The smallest absolute Gasteiger partial charge is 0.207 e. The van der Waals surface area contributed by atoms with Gasteiger partial charge in [-0.2, -0.15) is 4.31 Å². The Balaban J connectivity index is 1.88. The average Bonchev–Trinajstić information content (AvgIpc) is 3.09. The number of hydrogen-bond acceptors (Lipinski definition) is 5. The van der Waals surface area contributed by atoms with E-state index in [1.165, 1.54) is 11.0 Å². The molecule has 0 aliphatic carbocycles. The van der Waals surface area contributed by atoms with Crippen LogP contribution in [0.25, 0.3) is 5.69 Å². The van der Waals surface area contributed by atoms with Gasteiger partial charge in [-0.1, -0.05) is 13.3 Å². The molecule has 1 saturated heterocycles. The molecule has 1 aromatic heterocycles. The van der Waals surface area contributed by atoms with Crippen LogP contribution in [0, 0.1) is 0 Å². The lowest BCUT2D eigenvalue weighted by Gasteiger charge is -2.34. The summed E-state index contributed by atoms with van der Waals surface area (Å²) in [6.45, 7) is 2.65. The van der Waals surface area contributed by atoms with Gasteiger partial charge in [0.15, 0.2) is 0 Å². The van der Waals surface area contributed by atoms with Crippen molar-refractivity contribution in [3.05, 3.63) is 30.6 Å². The third-order valence-electron chi connectivity index (χ3n) is 4.10. The average molecular weight is 321 g/mol. The quantitative estimate of drug-likeness (QED) is 0.854. The first-order valence-electron chi connectivity index (χ1n) is 7.48. The van der Waals surface area contributed by atoms with Crippen molar-refractivity contribution in [1.29, 1.82) is 0 Å². The third kappa shape index (κ3) is 2.76. The van der Waals surface area contributed by atoms with Gasteiger partial charge in [-0.05, 0) is 54.0 Å². The maximum absolute atomic E-state index is 12.8. The predicted molar refractivity (Wildman–Crippen MR) is 81.0 cm³/mol. The Morgan fingerprint density at radius 2 is 2.00 bits per heavy atom. The van der Waals surface area contributed by atoms with E-state index in [0.29, 0.717) is 11.4 Å². The van der Waals surface area contributed by atoms with Crippen molar-refractivity contribution in [1.82, 2.24) is 24.5 Å². The molecule has 2 heterocycles. The van der Waals surface area contributed by atoms with E-state index in [-0.39, 0.29) is 6.04 Å². The second kappa shape index (κ2) is 6.13. The summed E-state index contributed by atoms with van der Waals surface area (Å²) in [7, 11) is -3.44. The third-order valence-corrected chi connectivity index (χ3v) is 6.07. The zero-order valence-electron chi connectivity index (χ0n) is 12.5. The zero-order valence-corrected chi connectivity index (χ0v) is 13.3. The van der Waals surface area contributed by atoms with E-state index in [1.807, 2.05) is 6.92 Å². The summed E-state index contributed by atoms with van der Waals surface area (Å²) in [4.78, 5) is 0.324. The highest BCUT2D eigenvalue weighted by Gasteiger charge is 2.32. The standard InChI is InChI=1S/C14H19N5O2S/c1-2-12-5-3-4-10-19(12)22(20,21)14-8-6-13(7-9-14)18-11-15-16-17-18/h6-9,11-12H,2-5,10H2,1H3. The highest BCUT2D eigenvalue weighted by molar-refractivity contribution is 7.89. The minimum atomic E-state index is -3.44. The molecule has 118 valence electrons. The Kier molecular flexibility index (Phi) is 4.21. The molecule has 22 heavy (non-hydrogen) atoms. The molecule has 1 fully saturated rings. The zero-order chi connectivity index (χ0) is 15.6. The van der Waals surface area contributed by atoms with Crippen molar-refractivity contribution in [2.75, 3.05) is 6.54 Å². The molecular formula is C14H19N5O2S. The molecule has 8 heteroatoms. The lowest BCUT2D eigenvalue weighted by Crippen LogP contribution is -2.43. The van der Waals surface area contributed by atoms with Crippen molar-refractivity contribution >= 4 is 10.0 Å². The Bertz CT molecular complexity index is 712. The Morgan fingerprint density at radius 3 is 2.64 bits per heavy atom. The van der Waals surface area contributed by atoms with Crippen LogP contribution in [0.5, 0.6) is 0 Å². The molecule has 0 amide bonds.